The van der Waals surface area contributed by atoms with E-state index in [4.69, 9.17) is 11.6 Å². The summed E-state index contributed by atoms with van der Waals surface area (Å²) in [6.07, 6.45) is 4.84. The smallest absolute Gasteiger partial charge is 0.182 e. The molecule has 6 heteroatoms. The Kier molecular flexibility index (Phi) is 2.49. The Morgan fingerprint density at radius 2 is 2.12 bits per heavy atom. The summed E-state index contributed by atoms with van der Waals surface area (Å²) in [5.74, 6) is 0.512. The minimum Gasteiger partial charge on any atom is -0.261 e. The van der Waals surface area contributed by atoms with Gasteiger partial charge >= 0.3 is 0 Å². The van der Waals surface area contributed by atoms with Gasteiger partial charge in [-0.3, -0.25) is 4.98 Å². The number of hydrogen-bond acceptors (Lipinski definition) is 5. The second kappa shape index (κ2) is 4.01. The van der Waals surface area contributed by atoms with E-state index in [1.165, 1.54) is 0 Å². The molecule has 0 amide bonds. The van der Waals surface area contributed by atoms with Crippen molar-refractivity contribution in [2.45, 2.75) is 6.92 Å². The summed E-state index contributed by atoms with van der Waals surface area (Å²) in [4.78, 5) is 17.7. The summed E-state index contributed by atoms with van der Waals surface area (Å²) in [7, 11) is 0. The molecule has 0 aliphatic rings. The normalized spacial score (nSPS) is 10.9. The van der Waals surface area contributed by atoms with Crippen LogP contribution in [0.25, 0.3) is 21.7 Å². The van der Waals surface area contributed by atoms with E-state index < -0.39 is 0 Å². The van der Waals surface area contributed by atoms with Crippen molar-refractivity contribution in [3.8, 4) is 11.5 Å². The lowest BCUT2D eigenvalue weighted by Crippen LogP contribution is -1.93. The lowest BCUT2D eigenvalue weighted by Gasteiger charge is -2.00. The highest BCUT2D eigenvalue weighted by atomic mass is 35.5. The number of aromatic nitrogens is 4. The summed E-state index contributed by atoms with van der Waals surface area (Å²) in [6.45, 7) is 2.00. The first-order chi connectivity index (χ1) is 8.25. The fraction of sp³-hybridized carbons (Fsp3) is 0.0909. The van der Waals surface area contributed by atoms with Gasteiger partial charge in [0.15, 0.2) is 5.82 Å². The van der Waals surface area contributed by atoms with Crippen LogP contribution >= 0.6 is 22.9 Å². The van der Waals surface area contributed by atoms with E-state index in [0.29, 0.717) is 16.7 Å². The highest BCUT2D eigenvalue weighted by molar-refractivity contribution is 7.17. The number of fused-ring (bicyclic) bond motifs is 1. The first-order valence-corrected chi connectivity index (χ1v) is 6.19. The zero-order valence-electron chi connectivity index (χ0n) is 8.88. The maximum absolute atomic E-state index is 6.17. The summed E-state index contributed by atoms with van der Waals surface area (Å²) >= 11 is 7.72. The molecule has 0 spiro atoms. The Labute approximate surface area is 106 Å². The van der Waals surface area contributed by atoms with Crippen molar-refractivity contribution >= 4 is 33.2 Å². The number of nitrogens with zero attached hydrogens (tertiary/aromatic N) is 4. The minimum atomic E-state index is 0.467. The van der Waals surface area contributed by atoms with E-state index in [2.05, 4.69) is 19.9 Å². The Balaban J connectivity index is 2.26. The SMILES string of the molecule is Cc1csc2nc(-c3cnccn3)nc(Cl)c12. The average molecular weight is 263 g/mol. The highest BCUT2D eigenvalue weighted by Gasteiger charge is 2.12. The zero-order chi connectivity index (χ0) is 11.8. The van der Waals surface area contributed by atoms with Gasteiger partial charge in [-0.15, -0.1) is 11.3 Å². The van der Waals surface area contributed by atoms with Gasteiger partial charge in [0.05, 0.1) is 11.6 Å². The Bertz CT molecular complexity index is 681. The molecule has 0 saturated carbocycles. The predicted octanol–water partition coefficient (Wildman–Crippen LogP) is 3.11. The van der Waals surface area contributed by atoms with Crippen LogP contribution in [0.2, 0.25) is 5.15 Å². The van der Waals surface area contributed by atoms with Crippen LogP contribution in [0.5, 0.6) is 0 Å². The summed E-state index contributed by atoms with van der Waals surface area (Å²) < 4.78 is 0. The first-order valence-electron chi connectivity index (χ1n) is 4.93. The maximum atomic E-state index is 6.17. The third-order valence-electron chi connectivity index (χ3n) is 2.37. The average Bonchev–Trinajstić information content (AvgIpc) is 2.73. The van der Waals surface area contributed by atoms with Gasteiger partial charge in [-0.25, -0.2) is 15.0 Å². The molecule has 0 N–H and O–H groups in total. The molecule has 4 nitrogen and oxygen atoms in total. The van der Waals surface area contributed by atoms with E-state index in [-0.39, 0.29) is 0 Å². The molecule has 0 atom stereocenters. The predicted molar refractivity (Wildman–Crippen MR) is 68.2 cm³/mol. The molecule has 0 unspecified atom stereocenters. The van der Waals surface area contributed by atoms with Crippen molar-refractivity contribution in [3.63, 3.8) is 0 Å². The molecule has 0 aliphatic carbocycles. The van der Waals surface area contributed by atoms with Crippen molar-refractivity contribution < 1.29 is 0 Å². The summed E-state index contributed by atoms with van der Waals surface area (Å²) in [5.41, 5.74) is 1.73. The molecular weight excluding hydrogens is 256 g/mol. The van der Waals surface area contributed by atoms with Crippen molar-refractivity contribution in [3.05, 3.63) is 34.7 Å². The first kappa shape index (κ1) is 10.6. The van der Waals surface area contributed by atoms with Gasteiger partial charge in [0.25, 0.3) is 0 Å². The standard InChI is InChI=1S/C11H7ClN4S/c1-6-5-17-11-8(6)9(12)15-10(16-11)7-4-13-2-3-14-7/h2-5H,1H3. The number of hydrogen-bond donors (Lipinski definition) is 0. The van der Waals surface area contributed by atoms with Crippen LogP contribution in [0, 0.1) is 6.92 Å². The molecule has 3 rings (SSSR count). The van der Waals surface area contributed by atoms with Crippen LogP contribution in [0.3, 0.4) is 0 Å². The number of thiophene rings is 1. The molecule has 3 aromatic rings. The minimum absolute atomic E-state index is 0.467. The summed E-state index contributed by atoms with van der Waals surface area (Å²) in [6, 6.07) is 0. The van der Waals surface area contributed by atoms with Gasteiger partial charge in [0.1, 0.15) is 15.7 Å². The van der Waals surface area contributed by atoms with Gasteiger partial charge in [-0.05, 0) is 17.9 Å². The molecule has 0 radical (unpaired) electrons. The molecule has 84 valence electrons. The van der Waals surface area contributed by atoms with Crippen LogP contribution in [0.4, 0.5) is 0 Å². The maximum Gasteiger partial charge on any atom is 0.182 e. The fourth-order valence-electron chi connectivity index (χ4n) is 1.56. The van der Waals surface area contributed by atoms with Crippen molar-refractivity contribution in [2.24, 2.45) is 0 Å². The second-order valence-corrected chi connectivity index (χ2v) is 4.74. The Hall–Kier alpha value is -1.59. The largest absolute Gasteiger partial charge is 0.261 e. The number of halogens is 1. The van der Waals surface area contributed by atoms with Crippen molar-refractivity contribution in [1.82, 2.24) is 19.9 Å². The van der Waals surface area contributed by atoms with Crippen molar-refractivity contribution in [1.29, 1.82) is 0 Å². The van der Waals surface area contributed by atoms with E-state index >= 15 is 0 Å². The Morgan fingerprint density at radius 3 is 2.88 bits per heavy atom. The van der Waals surface area contributed by atoms with E-state index in [1.54, 1.807) is 29.9 Å². The molecule has 0 aromatic carbocycles. The number of aryl methyl sites for hydroxylation is 1. The zero-order valence-corrected chi connectivity index (χ0v) is 10.5. The van der Waals surface area contributed by atoms with Crippen molar-refractivity contribution in [2.75, 3.05) is 0 Å². The second-order valence-electron chi connectivity index (χ2n) is 3.53. The third kappa shape index (κ3) is 1.77. The molecule has 0 bridgehead atoms. The third-order valence-corrected chi connectivity index (χ3v) is 3.63. The van der Waals surface area contributed by atoms with E-state index in [0.717, 1.165) is 15.8 Å². The molecule has 3 aromatic heterocycles. The molecule has 0 fully saturated rings. The highest BCUT2D eigenvalue weighted by Crippen LogP contribution is 2.30. The van der Waals surface area contributed by atoms with Crippen LogP contribution in [0.15, 0.2) is 24.0 Å². The molecular formula is C11H7ClN4S. The monoisotopic (exact) mass is 262 g/mol. The Morgan fingerprint density at radius 1 is 1.24 bits per heavy atom. The van der Waals surface area contributed by atoms with Crippen LogP contribution in [-0.2, 0) is 0 Å². The summed E-state index contributed by atoms with van der Waals surface area (Å²) in [5, 5.41) is 3.41. The van der Waals surface area contributed by atoms with Crippen LogP contribution < -0.4 is 0 Å². The van der Waals surface area contributed by atoms with E-state index in [9.17, 15) is 0 Å². The lowest BCUT2D eigenvalue weighted by molar-refractivity contribution is 1.14. The van der Waals surface area contributed by atoms with Crippen LogP contribution in [0.1, 0.15) is 5.56 Å². The van der Waals surface area contributed by atoms with Gasteiger partial charge in [0, 0.05) is 12.4 Å². The topological polar surface area (TPSA) is 51.6 Å². The van der Waals surface area contributed by atoms with Gasteiger partial charge in [-0.2, -0.15) is 0 Å². The quantitative estimate of drug-likeness (QED) is 0.633. The molecule has 17 heavy (non-hydrogen) atoms. The fourth-order valence-corrected chi connectivity index (χ4v) is 2.86. The number of rotatable bonds is 1. The van der Waals surface area contributed by atoms with E-state index in [1.807, 2.05) is 12.3 Å². The van der Waals surface area contributed by atoms with Gasteiger partial charge in [0.2, 0.25) is 0 Å². The van der Waals surface area contributed by atoms with Gasteiger partial charge < -0.3 is 0 Å². The molecule has 3 heterocycles. The van der Waals surface area contributed by atoms with Crippen LogP contribution in [-0.4, -0.2) is 19.9 Å². The molecule has 0 aliphatic heterocycles. The van der Waals surface area contributed by atoms with Gasteiger partial charge in [-0.1, -0.05) is 11.6 Å². The molecule has 0 saturated heterocycles. The lowest BCUT2D eigenvalue weighted by atomic mass is 10.3.